The third-order valence-electron chi connectivity index (χ3n) is 6.74. The second-order valence-corrected chi connectivity index (χ2v) is 9.71. The first-order chi connectivity index (χ1) is 17.5. The molecule has 0 fully saturated rings. The number of phenolic OH excluding ortho intramolecular Hbond substituents is 3. The van der Waals surface area contributed by atoms with Crippen molar-refractivity contribution in [2.45, 2.75) is 110 Å². The molecule has 0 aromatic heterocycles. The zero-order valence-corrected chi connectivity index (χ0v) is 22.1. The average molecular weight is 497 g/mol. The van der Waals surface area contributed by atoms with Gasteiger partial charge < -0.3 is 20.1 Å². The van der Waals surface area contributed by atoms with Crippen molar-refractivity contribution in [1.29, 1.82) is 0 Å². The van der Waals surface area contributed by atoms with Gasteiger partial charge in [-0.15, -0.1) is 5.11 Å². The lowest BCUT2D eigenvalue weighted by atomic mass is 9.88. The molecule has 0 radical (unpaired) electrons. The fraction of sp³-hybridized carbons (Fsp3) is 0.567. The monoisotopic (exact) mass is 496 g/mol. The molecule has 36 heavy (non-hydrogen) atoms. The van der Waals surface area contributed by atoms with Gasteiger partial charge in [0, 0.05) is 18.1 Å². The van der Waals surface area contributed by atoms with Gasteiger partial charge >= 0.3 is 0 Å². The molecule has 0 aliphatic heterocycles. The fourth-order valence-electron chi connectivity index (χ4n) is 4.58. The van der Waals surface area contributed by atoms with Gasteiger partial charge in [0.15, 0.2) is 17.2 Å². The van der Waals surface area contributed by atoms with Crippen LogP contribution in [-0.2, 0) is 11.2 Å². The lowest BCUT2D eigenvalue weighted by Crippen LogP contribution is -2.02. The minimum atomic E-state index is -0.356. The molecule has 2 aromatic carbocycles. The minimum Gasteiger partial charge on any atom is -0.507 e. The fourth-order valence-corrected chi connectivity index (χ4v) is 4.58. The summed E-state index contributed by atoms with van der Waals surface area (Å²) in [5.74, 6) is -1.26. The van der Waals surface area contributed by atoms with Crippen LogP contribution in [0.4, 0.5) is 11.4 Å². The molecule has 0 bridgehead atoms. The van der Waals surface area contributed by atoms with E-state index in [2.05, 4.69) is 24.1 Å². The first-order valence-corrected chi connectivity index (χ1v) is 13.7. The third-order valence-corrected chi connectivity index (χ3v) is 6.74. The van der Waals surface area contributed by atoms with Crippen molar-refractivity contribution in [3.63, 3.8) is 0 Å². The summed E-state index contributed by atoms with van der Waals surface area (Å²) in [6.45, 7) is 4.38. The van der Waals surface area contributed by atoms with Crippen LogP contribution in [0, 0.1) is 0 Å². The lowest BCUT2D eigenvalue weighted by Gasteiger charge is -2.19. The van der Waals surface area contributed by atoms with Crippen molar-refractivity contribution >= 4 is 17.7 Å². The normalized spacial score (nSPS) is 12.3. The summed E-state index contributed by atoms with van der Waals surface area (Å²) < 4.78 is 0. The van der Waals surface area contributed by atoms with Crippen molar-refractivity contribution in [3.8, 4) is 17.2 Å². The van der Waals surface area contributed by atoms with Crippen molar-refractivity contribution in [3.05, 3.63) is 41.5 Å². The van der Waals surface area contributed by atoms with Gasteiger partial charge in [0.05, 0.1) is 5.69 Å². The quantitative estimate of drug-likeness (QED) is 0.109. The van der Waals surface area contributed by atoms with Gasteiger partial charge in [-0.3, -0.25) is 0 Å². The molecule has 0 amide bonds. The molecule has 0 saturated heterocycles. The number of hydrogen-bond donors (Lipinski definition) is 3. The van der Waals surface area contributed by atoms with E-state index >= 15 is 0 Å². The van der Waals surface area contributed by atoms with E-state index in [0.717, 1.165) is 38.4 Å². The number of unbranched alkanes of at least 4 members (excludes halogenated alkanes) is 9. The van der Waals surface area contributed by atoms with Crippen LogP contribution < -0.4 is 0 Å². The molecule has 6 heteroatoms. The molecule has 2 aromatic rings. The highest BCUT2D eigenvalue weighted by atomic mass is 16.3. The van der Waals surface area contributed by atoms with Gasteiger partial charge in [0.1, 0.15) is 12.0 Å². The number of rotatable bonds is 18. The zero-order valence-electron chi connectivity index (χ0n) is 22.1. The molecule has 0 saturated carbocycles. The molecule has 0 spiro atoms. The van der Waals surface area contributed by atoms with Gasteiger partial charge in [-0.25, -0.2) is 0 Å². The van der Waals surface area contributed by atoms with Gasteiger partial charge in [0.25, 0.3) is 0 Å². The summed E-state index contributed by atoms with van der Waals surface area (Å²) in [6.07, 6.45) is 15.6. The molecule has 3 N–H and O–H groups in total. The zero-order chi connectivity index (χ0) is 26.2. The SMILES string of the molecule is CCCCCCCCc1ccc(N=Nc2c(O)cc(O)c(C(CC=O)CCCCCCC)c2O)cc1. The van der Waals surface area contributed by atoms with Crippen molar-refractivity contribution in [2.75, 3.05) is 0 Å². The van der Waals surface area contributed by atoms with Crippen molar-refractivity contribution in [2.24, 2.45) is 10.2 Å². The van der Waals surface area contributed by atoms with Crippen LogP contribution >= 0.6 is 0 Å². The third kappa shape index (κ3) is 9.63. The first kappa shape index (κ1) is 29.3. The Labute approximate surface area is 216 Å². The largest absolute Gasteiger partial charge is 0.507 e. The van der Waals surface area contributed by atoms with E-state index in [0.29, 0.717) is 12.1 Å². The number of benzene rings is 2. The lowest BCUT2D eigenvalue weighted by molar-refractivity contribution is -0.108. The first-order valence-electron chi connectivity index (χ1n) is 13.7. The van der Waals surface area contributed by atoms with E-state index < -0.39 is 0 Å². The number of carbonyl (C=O) groups excluding carboxylic acids is 1. The number of aryl methyl sites for hydroxylation is 1. The Balaban J connectivity index is 2.08. The number of aldehydes is 1. The van der Waals surface area contributed by atoms with E-state index in [1.165, 1.54) is 56.6 Å². The van der Waals surface area contributed by atoms with Crippen LogP contribution in [0.3, 0.4) is 0 Å². The maximum atomic E-state index is 11.3. The van der Waals surface area contributed by atoms with Crippen LogP contribution in [-0.4, -0.2) is 21.6 Å². The summed E-state index contributed by atoms with van der Waals surface area (Å²) in [5.41, 5.74) is 2.01. The van der Waals surface area contributed by atoms with E-state index in [1.54, 1.807) is 0 Å². The maximum Gasteiger partial charge on any atom is 0.169 e. The molecule has 198 valence electrons. The number of hydrogen-bond acceptors (Lipinski definition) is 6. The Hall–Kier alpha value is -2.89. The summed E-state index contributed by atoms with van der Waals surface area (Å²) >= 11 is 0. The highest BCUT2D eigenvalue weighted by molar-refractivity contribution is 5.69. The smallest absolute Gasteiger partial charge is 0.169 e. The van der Waals surface area contributed by atoms with Crippen LogP contribution in [0.25, 0.3) is 0 Å². The standard InChI is InChI=1S/C30H44N2O4/c1-3-5-7-9-11-12-14-23-16-18-25(19-17-23)31-32-29-27(35)22-26(34)28(30(29)36)24(20-21-33)15-13-10-8-6-4-2/h16-19,21-22,24,34-36H,3-15,20H2,1-2H3. The molecule has 1 unspecified atom stereocenters. The Kier molecular flexibility index (Phi) is 13.6. The Morgan fingerprint density at radius 2 is 1.39 bits per heavy atom. The Morgan fingerprint density at radius 1 is 0.778 bits per heavy atom. The number of azo groups is 1. The molecular weight excluding hydrogens is 452 g/mol. The van der Waals surface area contributed by atoms with E-state index in [1.807, 2.05) is 24.3 Å². The average Bonchev–Trinajstić information content (AvgIpc) is 2.86. The van der Waals surface area contributed by atoms with Gasteiger partial charge in [-0.2, -0.15) is 5.11 Å². The molecule has 0 heterocycles. The van der Waals surface area contributed by atoms with Crippen LogP contribution in [0.2, 0.25) is 0 Å². The van der Waals surface area contributed by atoms with Crippen LogP contribution in [0.1, 0.15) is 114 Å². The number of nitrogens with zero attached hydrogens (tertiary/aromatic N) is 2. The second kappa shape index (κ2) is 16.7. The predicted octanol–water partition coefficient (Wildman–Crippen LogP) is 9.15. The molecule has 1 atom stereocenters. The van der Waals surface area contributed by atoms with Crippen LogP contribution in [0.15, 0.2) is 40.6 Å². The number of phenols is 3. The van der Waals surface area contributed by atoms with E-state index in [9.17, 15) is 20.1 Å². The summed E-state index contributed by atoms with van der Waals surface area (Å²) in [6, 6.07) is 8.97. The topological polar surface area (TPSA) is 102 Å². The van der Waals surface area contributed by atoms with E-state index in [4.69, 9.17) is 0 Å². The van der Waals surface area contributed by atoms with E-state index in [-0.39, 0.29) is 40.8 Å². The number of carbonyl (C=O) groups is 1. The molecular formula is C30H44N2O4. The Morgan fingerprint density at radius 3 is 2.03 bits per heavy atom. The van der Waals surface area contributed by atoms with Crippen LogP contribution in [0.5, 0.6) is 17.2 Å². The highest BCUT2D eigenvalue weighted by Gasteiger charge is 2.24. The van der Waals surface area contributed by atoms with Crippen molar-refractivity contribution in [1.82, 2.24) is 0 Å². The molecule has 0 aliphatic carbocycles. The van der Waals surface area contributed by atoms with Gasteiger partial charge in [0.2, 0.25) is 0 Å². The molecule has 6 nitrogen and oxygen atoms in total. The van der Waals surface area contributed by atoms with Gasteiger partial charge in [-0.1, -0.05) is 90.2 Å². The number of aromatic hydroxyl groups is 3. The second-order valence-electron chi connectivity index (χ2n) is 9.71. The predicted molar refractivity (Wildman–Crippen MR) is 146 cm³/mol. The Bertz CT molecular complexity index is 941. The molecule has 2 rings (SSSR count). The minimum absolute atomic E-state index is 0.0964. The summed E-state index contributed by atoms with van der Waals surface area (Å²) in [4.78, 5) is 11.3. The summed E-state index contributed by atoms with van der Waals surface area (Å²) in [7, 11) is 0. The summed E-state index contributed by atoms with van der Waals surface area (Å²) in [5, 5.41) is 40.0. The van der Waals surface area contributed by atoms with Crippen molar-refractivity contribution < 1.29 is 20.1 Å². The van der Waals surface area contributed by atoms with Gasteiger partial charge in [-0.05, 0) is 42.9 Å². The highest BCUT2D eigenvalue weighted by Crippen LogP contribution is 2.48. The molecule has 0 aliphatic rings. The maximum absolute atomic E-state index is 11.3.